The van der Waals surface area contributed by atoms with Crippen LogP contribution in [0.2, 0.25) is 0 Å². The maximum absolute atomic E-state index is 5.67. The molecule has 15 heavy (non-hydrogen) atoms. The number of rotatable bonds is 2. The van der Waals surface area contributed by atoms with Crippen LogP contribution in [0.1, 0.15) is 38.7 Å². The van der Waals surface area contributed by atoms with Crippen LogP contribution in [0, 0.1) is 0 Å². The summed E-state index contributed by atoms with van der Waals surface area (Å²) in [4.78, 5) is 0. The minimum Gasteiger partial charge on any atom is -0.493 e. The molecule has 0 saturated heterocycles. The summed E-state index contributed by atoms with van der Waals surface area (Å²) in [5.41, 5.74) is 1.28. The van der Waals surface area contributed by atoms with E-state index in [0.717, 1.165) is 24.5 Å². The Morgan fingerprint density at radius 1 is 1.40 bits per heavy atom. The van der Waals surface area contributed by atoms with Crippen molar-refractivity contribution < 1.29 is 9.47 Å². The number of ether oxygens (including phenoxy) is 2. The highest BCUT2D eigenvalue weighted by molar-refractivity contribution is 5.43. The smallest absolute Gasteiger partial charge is 0.123 e. The van der Waals surface area contributed by atoms with Gasteiger partial charge in [0.1, 0.15) is 11.5 Å². The average Bonchev–Trinajstić information content (AvgIpc) is 2.18. The highest BCUT2D eigenvalue weighted by Gasteiger charge is 2.18. The summed E-state index contributed by atoms with van der Waals surface area (Å²) in [7, 11) is 0. The van der Waals surface area contributed by atoms with E-state index in [1.54, 1.807) is 0 Å². The van der Waals surface area contributed by atoms with Crippen molar-refractivity contribution in [3.05, 3.63) is 23.8 Å². The maximum Gasteiger partial charge on any atom is 0.123 e. The van der Waals surface area contributed by atoms with Gasteiger partial charge in [-0.1, -0.05) is 6.92 Å². The zero-order valence-corrected chi connectivity index (χ0v) is 9.62. The molecule has 0 spiro atoms. The van der Waals surface area contributed by atoms with Crippen LogP contribution >= 0.6 is 0 Å². The normalized spacial score (nSPS) is 19.6. The molecule has 1 aliphatic rings. The molecule has 0 aliphatic carbocycles. The number of hydrogen-bond acceptors (Lipinski definition) is 2. The van der Waals surface area contributed by atoms with E-state index in [-0.39, 0.29) is 6.10 Å². The Morgan fingerprint density at radius 3 is 2.93 bits per heavy atom. The number of benzene rings is 1. The van der Waals surface area contributed by atoms with Crippen LogP contribution < -0.4 is 9.47 Å². The summed E-state index contributed by atoms with van der Waals surface area (Å²) < 4.78 is 11.3. The van der Waals surface area contributed by atoms with Gasteiger partial charge in [0.15, 0.2) is 0 Å². The van der Waals surface area contributed by atoms with Gasteiger partial charge in [-0.3, -0.25) is 0 Å². The summed E-state index contributed by atoms with van der Waals surface area (Å²) in [6.45, 7) is 7.15. The molecule has 0 amide bonds. The molecule has 0 radical (unpaired) electrons. The Labute approximate surface area is 91.2 Å². The lowest BCUT2D eigenvalue weighted by Crippen LogP contribution is -2.13. The Bertz CT molecular complexity index is 344. The summed E-state index contributed by atoms with van der Waals surface area (Å²) in [5.74, 6) is 2.54. The standard InChI is InChI=1S/C13H18O2/c1-9(2)15-11-4-5-13-12(8-11)10(3)6-7-14-13/h4-5,8-10H,6-7H2,1-3H3. The summed E-state index contributed by atoms with van der Waals surface area (Å²) in [6, 6.07) is 6.11. The first-order chi connectivity index (χ1) is 7.16. The molecule has 1 unspecified atom stereocenters. The highest BCUT2D eigenvalue weighted by atomic mass is 16.5. The second kappa shape index (κ2) is 4.13. The van der Waals surface area contributed by atoms with Gasteiger partial charge >= 0.3 is 0 Å². The lowest BCUT2D eigenvalue weighted by atomic mass is 9.95. The van der Waals surface area contributed by atoms with Gasteiger partial charge in [-0.25, -0.2) is 0 Å². The van der Waals surface area contributed by atoms with Gasteiger partial charge in [-0.2, -0.15) is 0 Å². The largest absolute Gasteiger partial charge is 0.493 e. The molecule has 82 valence electrons. The zero-order chi connectivity index (χ0) is 10.8. The molecule has 2 rings (SSSR count). The number of hydrogen-bond donors (Lipinski definition) is 0. The van der Waals surface area contributed by atoms with Gasteiger partial charge < -0.3 is 9.47 Å². The van der Waals surface area contributed by atoms with Crippen molar-refractivity contribution in [1.82, 2.24) is 0 Å². The number of fused-ring (bicyclic) bond motifs is 1. The Morgan fingerprint density at radius 2 is 2.20 bits per heavy atom. The monoisotopic (exact) mass is 206 g/mol. The first-order valence-corrected chi connectivity index (χ1v) is 5.60. The molecule has 0 N–H and O–H groups in total. The minimum atomic E-state index is 0.225. The fourth-order valence-corrected chi connectivity index (χ4v) is 1.89. The second-order valence-electron chi connectivity index (χ2n) is 4.40. The van der Waals surface area contributed by atoms with Crippen LogP contribution in [0.5, 0.6) is 11.5 Å². The van der Waals surface area contributed by atoms with E-state index in [1.165, 1.54) is 5.56 Å². The van der Waals surface area contributed by atoms with Gasteiger partial charge in [-0.15, -0.1) is 0 Å². The molecule has 2 heteroatoms. The SMILES string of the molecule is CC(C)Oc1ccc2c(c1)C(C)CCO2. The second-order valence-corrected chi connectivity index (χ2v) is 4.40. The molecule has 1 heterocycles. The predicted molar refractivity (Wildman–Crippen MR) is 60.7 cm³/mol. The van der Waals surface area contributed by atoms with Crippen LogP contribution in [0.3, 0.4) is 0 Å². The van der Waals surface area contributed by atoms with Gasteiger partial charge in [-0.05, 0) is 44.4 Å². The van der Waals surface area contributed by atoms with Crippen molar-refractivity contribution in [2.75, 3.05) is 6.61 Å². The van der Waals surface area contributed by atoms with Crippen LogP contribution in [0.4, 0.5) is 0 Å². The quantitative estimate of drug-likeness (QED) is 0.738. The first-order valence-electron chi connectivity index (χ1n) is 5.60. The summed E-state index contributed by atoms with van der Waals surface area (Å²) >= 11 is 0. The van der Waals surface area contributed by atoms with E-state index in [2.05, 4.69) is 13.0 Å². The van der Waals surface area contributed by atoms with E-state index in [9.17, 15) is 0 Å². The fourth-order valence-electron chi connectivity index (χ4n) is 1.89. The predicted octanol–water partition coefficient (Wildman–Crippen LogP) is 3.36. The average molecular weight is 206 g/mol. The minimum absolute atomic E-state index is 0.225. The third-order valence-corrected chi connectivity index (χ3v) is 2.69. The third-order valence-electron chi connectivity index (χ3n) is 2.69. The Balaban J connectivity index is 2.27. The van der Waals surface area contributed by atoms with Crippen molar-refractivity contribution in [3.8, 4) is 11.5 Å². The van der Waals surface area contributed by atoms with Gasteiger partial charge in [0.05, 0.1) is 12.7 Å². The van der Waals surface area contributed by atoms with E-state index in [0.29, 0.717) is 5.92 Å². The van der Waals surface area contributed by atoms with E-state index < -0.39 is 0 Å². The molecule has 1 aromatic carbocycles. The van der Waals surface area contributed by atoms with Crippen LogP contribution in [-0.4, -0.2) is 12.7 Å². The molecule has 0 saturated carbocycles. The molecule has 0 fully saturated rings. The summed E-state index contributed by atoms with van der Waals surface area (Å²) in [5, 5.41) is 0. The van der Waals surface area contributed by atoms with Gasteiger partial charge in [0.25, 0.3) is 0 Å². The van der Waals surface area contributed by atoms with Crippen molar-refractivity contribution in [2.45, 2.75) is 39.2 Å². The van der Waals surface area contributed by atoms with Gasteiger partial charge in [0, 0.05) is 5.56 Å². The Kier molecular flexibility index (Phi) is 2.85. The fraction of sp³-hybridized carbons (Fsp3) is 0.538. The molecule has 1 atom stereocenters. The summed E-state index contributed by atoms with van der Waals surface area (Å²) in [6.07, 6.45) is 1.32. The molecular weight excluding hydrogens is 188 g/mol. The van der Waals surface area contributed by atoms with Crippen molar-refractivity contribution >= 4 is 0 Å². The topological polar surface area (TPSA) is 18.5 Å². The van der Waals surface area contributed by atoms with Gasteiger partial charge in [0.2, 0.25) is 0 Å². The Hall–Kier alpha value is -1.18. The maximum atomic E-state index is 5.67. The molecule has 0 bridgehead atoms. The van der Waals surface area contributed by atoms with Crippen molar-refractivity contribution in [2.24, 2.45) is 0 Å². The third kappa shape index (κ3) is 2.25. The molecule has 0 aromatic heterocycles. The lowest BCUT2D eigenvalue weighted by molar-refractivity contribution is 0.238. The molecule has 1 aromatic rings. The van der Waals surface area contributed by atoms with Crippen LogP contribution in [-0.2, 0) is 0 Å². The molecular formula is C13H18O2. The lowest BCUT2D eigenvalue weighted by Gasteiger charge is -2.23. The van der Waals surface area contributed by atoms with E-state index >= 15 is 0 Å². The highest BCUT2D eigenvalue weighted by Crippen LogP contribution is 2.35. The first kappa shape index (κ1) is 10.3. The van der Waals surface area contributed by atoms with Crippen LogP contribution in [0.15, 0.2) is 18.2 Å². The van der Waals surface area contributed by atoms with Crippen LogP contribution in [0.25, 0.3) is 0 Å². The van der Waals surface area contributed by atoms with Crippen molar-refractivity contribution in [1.29, 1.82) is 0 Å². The van der Waals surface area contributed by atoms with E-state index in [1.807, 2.05) is 26.0 Å². The molecule has 2 nitrogen and oxygen atoms in total. The van der Waals surface area contributed by atoms with E-state index in [4.69, 9.17) is 9.47 Å². The van der Waals surface area contributed by atoms with Crippen molar-refractivity contribution in [3.63, 3.8) is 0 Å². The molecule has 1 aliphatic heterocycles. The zero-order valence-electron chi connectivity index (χ0n) is 9.62.